The van der Waals surface area contributed by atoms with E-state index in [1.54, 1.807) is 0 Å². The van der Waals surface area contributed by atoms with Crippen LogP contribution < -0.4 is 5.32 Å². The number of fused-ring (bicyclic) bond motifs is 1. The van der Waals surface area contributed by atoms with E-state index in [-0.39, 0.29) is 0 Å². The quantitative estimate of drug-likeness (QED) is 0.762. The molecular formula is C19H23N3. The van der Waals surface area contributed by atoms with Crippen molar-refractivity contribution in [3.05, 3.63) is 59.9 Å². The summed E-state index contributed by atoms with van der Waals surface area (Å²) in [6.07, 6.45) is 4.18. The van der Waals surface area contributed by atoms with Gasteiger partial charge in [0.25, 0.3) is 0 Å². The first kappa shape index (κ1) is 14.8. The third kappa shape index (κ3) is 3.04. The molecule has 0 spiro atoms. The lowest BCUT2D eigenvalue weighted by atomic mass is 10.0. The Morgan fingerprint density at radius 3 is 2.59 bits per heavy atom. The van der Waals surface area contributed by atoms with Crippen LogP contribution in [0.15, 0.2) is 48.8 Å². The molecule has 1 aromatic carbocycles. The highest BCUT2D eigenvalue weighted by atomic mass is 15.0. The van der Waals surface area contributed by atoms with E-state index in [0.717, 1.165) is 24.4 Å². The summed E-state index contributed by atoms with van der Waals surface area (Å²) in [5.74, 6) is 0.559. The van der Waals surface area contributed by atoms with E-state index in [4.69, 9.17) is 4.98 Å². The molecule has 2 aromatic heterocycles. The van der Waals surface area contributed by atoms with Gasteiger partial charge >= 0.3 is 0 Å². The highest BCUT2D eigenvalue weighted by Crippen LogP contribution is 2.22. The molecule has 0 radical (unpaired) electrons. The van der Waals surface area contributed by atoms with E-state index in [1.807, 2.05) is 0 Å². The van der Waals surface area contributed by atoms with Crippen molar-refractivity contribution < 1.29 is 0 Å². The molecule has 0 fully saturated rings. The minimum atomic E-state index is 0.559. The third-order valence-electron chi connectivity index (χ3n) is 3.98. The molecule has 114 valence electrons. The second-order valence-electron chi connectivity index (χ2n) is 5.98. The average molecular weight is 293 g/mol. The molecule has 0 atom stereocenters. The number of imidazole rings is 1. The number of nitrogens with zero attached hydrogens (tertiary/aromatic N) is 2. The van der Waals surface area contributed by atoms with Crippen LogP contribution in [0.1, 0.15) is 37.8 Å². The second-order valence-corrected chi connectivity index (χ2v) is 5.98. The molecule has 0 aliphatic rings. The van der Waals surface area contributed by atoms with Gasteiger partial charge in [-0.3, -0.25) is 0 Å². The van der Waals surface area contributed by atoms with Crippen molar-refractivity contribution in [3.63, 3.8) is 0 Å². The molecule has 22 heavy (non-hydrogen) atoms. The van der Waals surface area contributed by atoms with Gasteiger partial charge in [0.2, 0.25) is 0 Å². The summed E-state index contributed by atoms with van der Waals surface area (Å²) in [4.78, 5) is 4.76. The van der Waals surface area contributed by atoms with Gasteiger partial charge in [-0.05, 0) is 35.7 Å². The number of pyridine rings is 1. The van der Waals surface area contributed by atoms with Gasteiger partial charge in [-0.2, -0.15) is 0 Å². The number of hydrogen-bond acceptors (Lipinski definition) is 2. The molecule has 0 amide bonds. The SMILES string of the molecule is CCNCc1ccn2cc(-c3ccc(C(C)C)cc3)nc2c1. The molecule has 3 heteroatoms. The maximum absolute atomic E-state index is 4.76. The molecule has 0 saturated carbocycles. The Morgan fingerprint density at radius 1 is 1.14 bits per heavy atom. The van der Waals surface area contributed by atoms with Crippen LogP contribution in [-0.4, -0.2) is 15.9 Å². The Bertz CT molecular complexity index is 754. The van der Waals surface area contributed by atoms with Gasteiger partial charge in [0, 0.05) is 24.5 Å². The van der Waals surface area contributed by atoms with Crippen molar-refractivity contribution >= 4 is 5.65 Å². The number of benzene rings is 1. The smallest absolute Gasteiger partial charge is 0.137 e. The topological polar surface area (TPSA) is 29.3 Å². The molecule has 3 aromatic rings. The highest BCUT2D eigenvalue weighted by Gasteiger charge is 2.06. The van der Waals surface area contributed by atoms with Gasteiger partial charge < -0.3 is 9.72 Å². The molecule has 2 heterocycles. The minimum Gasteiger partial charge on any atom is -0.313 e. The Balaban J connectivity index is 1.90. The maximum atomic E-state index is 4.76. The average Bonchev–Trinajstić information content (AvgIpc) is 2.96. The van der Waals surface area contributed by atoms with Crippen LogP contribution >= 0.6 is 0 Å². The molecule has 1 N–H and O–H groups in total. The zero-order chi connectivity index (χ0) is 15.5. The summed E-state index contributed by atoms with van der Waals surface area (Å²) in [6.45, 7) is 8.41. The van der Waals surface area contributed by atoms with Crippen LogP contribution in [0.2, 0.25) is 0 Å². The van der Waals surface area contributed by atoms with Gasteiger partial charge in [0.1, 0.15) is 5.65 Å². The fourth-order valence-corrected chi connectivity index (χ4v) is 2.58. The molecule has 0 unspecified atom stereocenters. The lowest BCUT2D eigenvalue weighted by Crippen LogP contribution is -2.11. The molecule has 3 nitrogen and oxygen atoms in total. The molecule has 0 aliphatic heterocycles. The number of hydrogen-bond donors (Lipinski definition) is 1. The summed E-state index contributed by atoms with van der Waals surface area (Å²) >= 11 is 0. The third-order valence-corrected chi connectivity index (χ3v) is 3.98. The van der Waals surface area contributed by atoms with E-state index in [0.29, 0.717) is 5.92 Å². The van der Waals surface area contributed by atoms with E-state index in [2.05, 4.69) is 79.3 Å². The van der Waals surface area contributed by atoms with Gasteiger partial charge in [-0.15, -0.1) is 0 Å². The Kier molecular flexibility index (Phi) is 4.25. The minimum absolute atomic E-state index is 0.559. The van der Waals surface area contributed by atoms with Crippen LogP contribution in [0.3, 0.4) is 0 Å². The van der Waals surface area contributed by atoms with Gasteiger partial charge in [0.05, 0.1) is 5.69 Å². The van der Waals surface area contributed by atoms with Crippen LogP contribution in [0.25, 0.3) is 16.9 Å². The van der Waals surface area contributed by atoms with Crippen LogP contribution in [0, 0.1) is 0 Å². The second kappa shape index (κ2) is 6.32. The molecule has 0 aliphatic carbocycles. The lowest BCUT2D eigenvalue weighted by Gasteiger charge is -2.05. The first-order valence-electron chi connectivity index (χ1n) is 7.96. The number of nitrogens with one attached hydrogen (secondary N) is 1. The Labute approximate surface area is 132 Å². The Hall–Kier alpha value is -2.13. The van der Waals surface area contributed by atoms with Crippen molar-refractivity contribution in [2.45, 2.75) is 33.2 Å². The van der Waals surface area contributed by atoms with E-state index in [9.17, 15) is 0 Å². The van der Waals surface area contributed by atoms with Crippen LogP contribution in [0.4, 0.5) is 0 Å². The van der Waals surface area contributed by atoms with Gasteiger partial charge in [-0.25, -0.2) is 4.98 Å². The summed E-state index contributed by atoms with van der Waals surface area (Å²) < 4.78 is 2.08. The van der Waals surface area contributed by atoms with E-state index < -0.39 is 0 Å². The summed E-state index contributed by atoms with van der Waals surface area (Å²) in [6, 6.07) is 13.0. The summed E-state index contributed by atoms with van der Waals surface area (Å²) in [7, 11) is 0. The molecular weight excluding hydrogens is 270 g/mol. The van der Waals surface area contributed by atoms with Crippen molar-refractivity contribution in [1.82, 2.24) is 14.7 Å². The Morgan fingerprint density at radius 2 is 1.91 bits per heavy atom. The van der Waals surface area contributed by atoms with Crippen LogP contribution in [0.5, 0.6) is 0 Å². The summed E-state index contributed by atoms with van der Waals surface area (Å²) in [5.41, 5.74) is 5.82. The largest absolute Gasteiger partial charge is 0.313 e. The number of rotatable bonds is 5. The van der Waals surface area contributed by atoms with Crippen LogP contribution in [-0.2, 0) is 6.54 Å². The summed E-state index contributed by atoms with van der Waals surface area (Å²) in [5, 5.41) is 3.35. The van der Waals surface area contributed by atoms with Crippen molar-refractivity contribution in [2.24, 2.45) is 0 Å². The zero-order valence-electron chi connectivity index (χ0n) is 13.5. The molecule has 3 rings (SSSR count). The first-order chi connectivity index (χ1) is 10.7. The predicted octanol–water partition coefficient (Wildman–Crippen LogP) is 4.23. The standard InChI is InChI=1S/C19H23N3/c1-4-20-12-15-9-10-22-13-18(21-19(22)11-15)17-7-5-16(6-8-17)14(2)3/h5-11,13-14,20H,4,12H2,1-3H3. The van der Waals surface area contributed by atoms with Crippen molar-refractivity contribution in [2.75, 3.05) is 6.54 Å². The monoisotopic (exact) mass is 293 g/mol. The van der Waals surface area contributed by atoms with E-state index in [1.165, 1.54) is 16.7 Å². The molecule has 0 bridgehead atoms. The van der Waals surface area contributed by atoms with Gasteiger partial charge in [-0.1, -0.05) is 45.0 Å². The maximum Gasteiger partial charge on any atom is 0.137 e. The first-order valence-corrected chi connectivity index (χ1v) is 7.96. The fraction of sp³-hybridized carbons (Fsp3) is 0.316. The zero-order valence-corrected chi connectivity index (χ0v) is 13.5. The highest BCUT2D eigenvalue weighted by molar-refractivity contribution is 5.63. The van der Waals surface area contributed by atoms with Crippen molar-refractivity contribution in [1.29, 1.82) is 0 Å². The predicted molar refractivity (Wildman–Crippen MR) is 92.1 cm³/mol. The normalized spacial score (nSPS) is 11.5. The fourth-order valence-electron chi connectivity index (χ4n) is 2.58. The van der Waals surface area contributed by atoms with Gasteiger partial charge in [0.15, 0.2) is 0 Å². The lowest BCUT2D eigenvalue weighted by molar-refractivity contribution is 0.726. The van der Waals surface area contributed by atoms with E-state index >= 15 is 0 Å². The number of aromatic nitrogens is 2. The molecule has 0 saturated heterocycles. The van der Waals surface area contributed by atoms with Crippen molar-refractivity contribution in [3.8, 4) is 11.3 Å².